The zero-order chi connectivity index (χ0) is 108. The number of aliphatic carboxylic acids is 2. The van der Waals surface area contributed by atoms with Crippen LogP contribution in [0.5, 0.6) is 0 Å². The van der Waals surface area contributed by atoms with Gasteiger partial charge in [0.2, 0.25) is 112 Å². The van der Waals surface area contributed by atoms with Gasteiger partial charge in [0.25, 0.3) is 0 Å². The fraction of sp³-hybridized carbons (Fsp3) is 0.670. The first kappa shape index (κ1) is 127. The smallest absolute Gasteiger partial charge is 0.326 e. The van der Waals surface area contributed by atoms with E-state index in [1.807, 2.05) is 0 Å². The standard InChI is InChI=1S/C88H152N28O24S2/c1-44(2)34-58(74(127)101-41-68(121)103-57(86(139)140)25-19-33-99-88(96)97)109-79(132)60(36-46(5)6)112-84(137)64(43-142)115-78(131)56(27-29-66(93)119)107-75(128)53(23-15-17-31-90)108-85(138)70(49(10)117)116-83(136)61(37-47(7)8)111-80(133)59(35-45(3)4)110-82(135)63(39-69(122)123)114-81(134)62(38-50-20-12-11-13-21-50)113-77(130)52(22-14-16-30-89)104-71(124)48(9)102-67(120)40-100-73(126)55(26-28-65(92)118)106-76(129)54(24-18-32-98-87(94)95)105-72(125)51(91)42-141/h11-13,20-21,44-49,51-64,70,117,141-142H,14-19,22-43,89-91H2,1-10H3,(H2,92,118)(H2,93,119)(H,100,126)(H,101,127)(H,102,120)(H,103,121)(H,104,124)(H,105,125)(H,106,129)(H,107,128)(H,108,138)(H,109,132)(H,110,135)(H,111,133)(H,112,137)(H,113,130)(H,114,134)(H,115,131)(H,116,136)(H,122,123)(H,139,140)(H4,94,95,98)(H4,96,97,99)/t48-,49+,51-,52-,53-,54-,55-,56-,57-,58-,59-,60-,61-,62-,63-,64-,70-/m0/s1. The Balaban J connectivity index is 3.65. The lowest BCUT2D eigenvalue weighted by Crippen LogP contribution is -2.62. The van der Waals surface area contributed by atoms with E-state index >= 15 is 0 Å². The number of nitrogens with two attached hydrogens (primary N) is 7. The molecule has 0 saturated carbocycles. The zero-order valence-corrected chi connectivity index (χ0v) is 83.9. The second-order valence-corrected chi connectivity index (χ2v) is 36.7. The minimum atomic E-state index is -2.02. The Hall–Kier alpha value is -12.8. The Morgan fingerprint density at radius 3 is 1.04 bits per heavy atom. The third-order valence-corrected chi connectivity index (χ3v) is 22.1. The van der Waals surface area contributed by atoms with Crippen LogP contribution in [-0.4, -0.2) is 305 Å². The molecule has 0 aliphatic rings. The fourth-order valence-corrected chi connectivity index (χ4v) is 14.3. The van der Waals surface area contributed by atoms with Gasteiger partial charge in [-0.2, -0.15) is 25.3 Å². The molecule has 1 aromatic rings. The Morgan fingerprint density at radius 2 is 0.655 bits per heavy atom. The number of rotatable bonds is 72. The first-order chi connectivity index (χ1) is 66.7. The molecule has 1 aromatic carbocycles. The molecule has 142 heavy (non-hydrogen) atoms. The number of carbonyl (C=O) groups is 21. The lowest BCUT2D eigenvalue weighted by Gasteiger charge is -2.29. The number of aliphatic hydroxyl groups excluding tert-OH is 1. The summed E-state index contributed by atoms with van der Waals surface area (Å²) in [5, 5.41) is 92.8. The Kier molecular flexibility index (Phi) is 61.2. The molecule has 54 heteroatoms. The van der Waals surface area contributed by atoms with E-state index in [2.05, 4.69) is 126 Å². The van der Waals surface area contributed by atoms with Crippen LogP contribution in [0.2, 0.25) is 0 Å². The predicted octanol–water partition coefficient (Wildman–Crippen LogP) is -8.62. The van der Waals surface area contributed by atoms with Crippen molar-refractivity contribution in [3.05, 3.63) is 35.9 Å². The van der Waals surface area contributed by atoms with Crippen molar-refractivity contribution in [2.24, 2.45) is 63.8 Å². The lowest BCUT2D eigenvalue weighted by molar-refractivity contribution is -0.142. The van der Waals surface area contributed by atoms with Crippen LogP contribution in [0.15, 0.2) is 30.3 Å². The zero-order valence-electron chi connectivity index (χ0n) is 82.2. The highest BCUT2D eigenvalue weighted by Gasteiger charge is 2.40. The number of amides is 19. The average Bonchev–Trinajstić information content (AvgIpc) is 0.851. The summed E-state index contributed by atoms with van der Waals surface area (Å²) in [6.07, 6.45) is -4.70. The number of aliphatic hydroxyl groups is 1. The highest BCUT2D eigenvalue weighted by atomic mass is 32.1. The normalized spacial score (nSPS) is 14.7. The van der Waals surface area contributed by atoms with Crippen molar-refractivity contribution < 1.29 is 116 Å². The minimum absolute atomic E-state index is 0.0173. The summed E-state index contributed by atoms with van der Waals surface area (Å²) in [5.74, 6) is -24.6. The molecule has 0 saturated heterocycles. The number of hydrogen-bond donors (Lipinski definition) is 33. The molecule has 17 atom stereocenters. The molecular weight excluding hydrogens is 1900 g/mol. The predicted molar refractivity (Wildman–Crippen MR) is 527 cm³/mol. The van der Waals surface area contributed by atoms with Crippen LogP contribution in [0, 0.1) is 34.5 Å². The van der Waals surface area contributed by atoms with Crippen molar-refractivity contribution in [3.8, 4) is 0 Å². The summed E-state index contributed by atoms with van der Waals surface area (Å²) in [6.45, 7) is 14.8. The van der Waals surface area contributed by atoms with Gasteiger partial charge in [0.15, 0.2) is 11.9 Å². The van der Waals surface area contributed by atoms with Gasteiger partial charge < -0.3 is 156 Å². The second-order valence-electron chi connectivity index (χ2n) is 36.0. The average molecular weight is 2050 g/mol. The summed E-state index contributed by atoms with van der Waals surface area (Å²) < 4.78 is 0. The molecule has 19 amide bonds. The summed E-state index contributed by atoms with van der Waals surface area (Å²) in [4.78, 5) is 288. The van der Waals surface area contributed by atoms with Gasteiger partial charge >= 0.3 is 11.9 Å². The van der Waals surface area contributed by atoms with Gasteiger partial charge in [0.05, 0.1) is 31.7 Å². The molecule has 800 valence electrons. The number of hydrogen-bond acceptors (Lipinski definition) is 29. The van der Waals surface area contributed by atoms with Crippen LogP contribution < -0.4 is 141 Å². The van der Waals surface area contributed by atoms with Gasteiger partial charge in [-0.05, 0) is 159 Å². The summed E-state index contributed by atoms with van der Waals surface area (Å²) in [6, 6.07) is -16.8. The SMILES string of the molecule is CC(C)C[C@H](NC(=O)[C@H](CC(C)C)NC(=O)[C@H](CS)NC(=O)[C@H](CCC(N)=O)NC(=O)[C@H](CCCCN)NC(=O)[C@@H](NC(=O)[C@H](CC(C)C)NC(=O)[C@H](CC(C)C)NC(=O)[C@H](CC(=O)O)NC(=O)[C@H](Cc1ccccc1)NC(=O)[C@H](CCCCN)NC(=O)[C@H](C)NC(=O)CNC(=O)[C@H](CCC(N)=O)NC(=O)[C@H](CCCNC(=N)N)NC(=O)[C@@H](N)CS)[C@@H](C)O)C(=O)NCC(=O)N[C@@H](CCCNC(=N)N)C(=O)O. The maximum Gasteiger partial charge on any atom is 0.326 e. The highest BCUT2D eigenvalue weighted by molar-refractivity contribution is 7.80. The van der Waals surface area contributed by atoms with Crippen LogP contribution >= 0.6 is 25.3 Å². The van der Waals surface area contributed by atoms with E-state index in [-0.39, 0.29) is 152 Å². The molecule has 1 rings (SSSR count). The third-order valence-electron chi connectivity index (χ3n) is 21.3. The number of nitrogens with one attached hydrogen (secondary N) is 21. The largest absolute Gasteiger partial charge is 0.481 e. The molecule has 0 bridgehead atoms. The summed E-state index contributed by atoms with van der Waals surface area (Å²) in [7, 11) is 0. The van der Waals surface area contributed by atoms with Gasteiger partial charge in [-0.3, -0.25) is 107 Å². The number of unbranched alkanes of at least 4 members (excludes halogenated alkanes) is 2. The van der Waals surface area contributed by atoms with Crippen molar-refractivity contribution in [1.82, 2.24) is 101 Å². The van der Waals surface area contributed by atoms with Gasteiger partial charge in [0, 0.05) is 43.9 Å². The third kappa shape index (κ3) is 53.1. The Bertz CT molecular complexity index is 4370. The summed E-state index contributed by atoms with van der Waals surface area (Å²) >= 11 is 8.30. The monoisotopic (exact) mass is 2050 g/mol. The Morgan fingerprint density at radius 1 is 0.338 bits per heavy atom. The van der Waals surface area contributed by atoms with Gasteiger partial charge in [-0.1, -0.05) is 85.7 Å². The van der Waals surface area contributed by atoms with Crippen LogP contribution in [0.3, 0.4) is 0 Å². The minimum Gasteiger partial charge on any atom is -0.481 e. The number of carboxylic acids is 2. The molecule has 0 spiro atoms. The maximum absolute atomic E-state index is 14.7. The van der Waals surface area contributed by atoms with Gasteiger partial charge in [0.1, 0.15) is 90.6 Å². The van der Waals surface area contributed by atoms with Crippen molar-refractivity contribution in [2.75, 3.05) is 50.8 Å². The molecule has 0 aliphatic heterocycles. The maximum atomic E-state index is 14.7. The van der Waals surface area contributed by atoms with Crippen LogP contribution in [0.25, 0.3) is 0 Å². The van der Waals surface area contributed by atoms with E-state index in [4.69, 9.17) is 51.0 Å². The molecule has 0 unspecified atom stereocenters. The first-order valence-corrected chi connectivity index (χ1v) is 48.3. The Labute approximate surface area is 836 Å². The molecule has 0 aliphatic carbocycles. The van der Waals surface area contributed by atoms with E-state index < -0.39 is 283 Å². The molecular formula is C88H152N28O24S2. The van der Waals surface area contributed by atoms with E-state index in [0.29, 0.717) is 12.0 Å². The number of carbonyl (C=O) groups excluding carboxylic acids is 19. The number of thiol groups is 2. The first-order valence-electron chi connectivity index (χ1n) is 47.0. The van der Waals surface area contributed by atoms with Crippen LogP contribution in [-0.2, 0) is 107 Å². The molecule has 0 radical (unpaired) electrons. The van der Waals surface area contributed by atoms with Crippen LogP contribution in [0.1, 0.15) is 197 Å². The topological polar surface area (TPSA) is 878 Å². The quantitative estimate of drug-likeness (QED) is 0.0125. The molecule has 38 N–H and O–H groups in total. The lowest BCUT2D eigenvalue weighted by atomic mass is 9.99. The number of guanidine groups is 2. The van der Waals surface area contributed by atoms with E-state index in [9.17, 15) is 116 Å². The van der Waals surface area contributed by atoms with Crippen molar-refractivity contribution in [3.63, 3.8) is 0 Å². The molecule has 0 heterocycles. The van der Waals surface area contributed by atoms with Crippen molar-refractivity contribution in [2.45, 2.75) is 300 Å². The van der Waals surface area contributed by atoms with Crippen molar-refractivity contribution >= 4 is 161 Å². The fourth-order valence-electron chi connectivity index (χ4n) is 13.9. The molecule has 0 fully saturated rings. The molecule has 0 aromatic heterocycles. The van der Waals surface area contributed by atoms with E-state index in [0.717, 1.165) is 6.92 Å². The highest BCUT2D eigenvalue weighted by Crippen LogP contribution is 2.17. The van der Waals surface area contributed by atoms with Crippen LogP contribution in [0.4, 0.5) is 0 Å². The van der Waals surface area contributed by atoms with Crippen molar-refractivity contribution in [1.29, 1.82) is 10.8 Å². The number of benzene rings is 1. The number of primary amides is 2. The summed E-state index contributed by atoms with van der Waals surface area (Å²) in [5.41, 5.74) is 39.4. The van der Waals surface area contributed by atoms with E-state index in [1.165, 1.54) is 6.92 Å². The van der Waals surface area contributed by atoms with Gasteiger partial charge in [-0.15, -0.1) is 0 Å². The van der Waals surface area contributed by atoms with Gasteiger partial charge in [-0.25, -0.2) is 4.79 Å². The second kappa shape index (κ2) is 68.3. The number of carboxylic acid groups (broad SMARTS) is 2. The molecule has 52 nitrogen and oxygen atoms in total. The van der Waals surface area contributed by atoms with E-state index in [1.54, 1.807) is 85.7 Å².